The predicted molar refractivity (Wildman–Crippen MR) is 68.1 cm³/mol. The van der Waals surface area contributed by atoms with Crippen molar-refractivity contribution in [3.8, 4) is 5.75 Å². The van der Waals surface area contributed by atoms with Crippen LogP contribution in [0.5, 0.6) is 5.75 Å². The SMILES string of the molecule is CNC(c1cccnc1)c1cccc(OC)c1F. The average Bonchev–Trinajstić information content (AvgIpc) is 2.43. The fourth-order valence-corrected chi connectivity index (χ4v) is 1.96. The molecule has 1 aromatic heterocycles. The first-order chi connectivity index (χ1) is 8.77. The quantitative estimate of drug-likeness (QED) is 0.900. The first kappa shape index (κ1) is 12.5. The van der Waals surface area contributed by atoms with Crippen molar-refractivity contribution < 1.29 is 9.13 Å². The second-order valence-corrected chi connectivity index (χ2v) is 3.87. The molecule has 1 unspecified atom stereocenters. The Balaban J connectivity index is 2.46. The van der Waals surface area contributed by atoms with Crippen LogP contribution in [0.4, 0.5) is 4.39 Å². The fourth-order valence-electron chi connectivity index (χ4n) is 1.96. The van der Waals surface area contributed by atoms with E-state index in [4.69, 9.17) is 4.74 Å². The minimum Gasteiger partial charge on any atom is -0.494 e. The maximum atomic E-state index is 14.2. The van der Waals surface area contributed by atoms with Gasteiger partial charge in [0, 0.05) is 18.0 Å². The van der Waals surface area contributed by atoms with Gasteiger partial charge in [0.1, 0.15) is 0 Å². The number of nitrogens with zero attached hydrogens (tertiary/aromatic N) is 1. The molecule has 3 nitrogen and oxygen atoms in total. The lowest BCUT2D eigenvalue weighted by Crippen LogP contribution is -2.19. The van der Waals surface area contributed by atoms with Crippen molar-refractivity contribution in [2.24, 2.45) is 0 Å². The molecule has 18 heavy (non-hydrogen) atoms. The average molecular weight is 246 g/mol. The summed E-state index contributed by atoms with van der Waals surface area (Å²) < 4.78 is 19.2. The van der Waals surface area contributed by atoms with Gasteiger partial charge in [0.15, 0.2) is 11.6 Å². The summed E-state index contributed by atoms with van der Waals surface area (Å²) in [6.45, 7) is 0. The van der Waals surface area contributed by atoms with Crippen LogP contribution >= 0.6 is 0 Å². The first-order valence-electron chi connectivity index (χ1n) is 5.67. The molecule has 0 amide bonds. The molecule has 0 saturated carbocycles. The van der Waals surface area contributed by atoms with Crippen molar-refractivity contribution in [1.82, 2.24) is 10.3 Å². The molecule has 0 bridgehead atoms. The number of methoxy groups -OCH3 is 1. The molecule has 0 spiro atoms. The van der Waals surface area contributed by atoms with Crippen molar-refractivity contribution in [3.05, 3.63) is 59.7 Å². The maximum absolute atomic E-state index is 14.2. The van der Waals surface area contributed by atoms with Crippen LogP contribution in [0.1, 0.15) is 17.2 Å². The summed E-state index contributed by atoms with van der Waals surface area (Å²) in [5.41, 5.74) is 1.46. The van der Waals surface area contributed by atoms with Crippen molar-refractivity contribution in [3.63, 3.8) is 0 Å². The third-order valence-electron chi connectivity index (χ3n) is 2.83. The van der Waals surface area contributed by atoms with Crippen LogP contribution < -0.4 is 10.1 Å². The Morgan fingerprint density at radius 2 is 2.11 bits per heavy atom. The number of halogens is 1. The van der Waals surface area contributed by atoms with E-state index in [2.05, 4.69) is 10.3 Å². The van der Waals surface area contributed by atoms with E-state index in [1.54, 1.807) is 37.6 Å². The lowest BCUT2D eigenvalue weighted by molar-refractivity contribution is 0.382. The fraction of sp³-hybridized carbons (Fsp3) is 0.214. The highest BCUT2D eigenvalue weighted by atomic mass is 19.1. The summed E-state index contributed by atoms with van der Waals surface area (Å²) in [5.74, 6) is -0.0974. The number of aromatic nitrogens is 1. The summed E-state index contributed by atoms with van der Waals surface area (Å²) in [5, 5.41) is 3.09. The summed E-state index contributed by atoms with van der Waals surface area (Å²) in [4.78, 5) is 4.06. The summed E-state index contributed by atoms with van der Waals surface area (Å²) in [6.07, 6.45) is 3.41. The minimum absolute atomic E-state index is 0.242. The van der Waals surface area contributed by atoms with Crippen LogP contribution in [0.3, 0.4) is 0 Å². The van der Waals surface area contributed by atoms with E-state index in [0.29, 0.717) is 5.56 Å². The third kappa shape index (κ3) is 2.33. The van der Waals surface area contributed by atoms with Gasteiger partial charge in [-0.15, -0.1) is 0 Å². The van der Waals surface area contributed by atoms with E-state index in [9.17, 15) is 4.39 Å². The molecule has 0 saturated heterocycles. The molecule has 4 heteroatoms. The van der Waals surface area contributed by atoms with Gasteiger partial charge in [0.2, 0.25) is 0 Å². The topological polar surface area (TPSA) is 34.2 Å². The Kier molecular flexibility index (Phi) is 3.89. The van der Waals surface area contributed by atoms with Gasteiger partial charge in [-0.3, -0.25) is 4.98 Å². The molecule has 0 aliphatic rings. The summed E-state index contributed by atoms with van der Waals surface area (Å²) in [7, 11) is 3.25. The van der Waals surface area contributed by atoms with E-state index in [-0.39, 0.29) is 17.6 Å². The molecule has 94 valence electrons. The second kappa shape index (κ2) is 5.60. The molecule has 0 aliphatic carbocycles. The van der Waals surface area contributed by atoms with Gasteiger partial charge >= 0.3 is 0 Å². The molecule has 1 heterocycles. The molecule has 2 aromatic rings. The maximum Gasteiger partial charge on any atom is 0.170 e. The van der Waals surface area contributed by atoms with Crippen LogP contribution in [0.25, 0.3) is 0 Å². The predicted octanol–water partition coefficient (Wildman–Crippen LogP) is 2.54. The van der Waals surface area contributed by atoms with E-state index in [0.717, 1.165) is 5.56 Å². The van der Waals surface area contributed by atoms with Crippen molar-refractivity contribution in [2.45, 2.75) is 6.04 Å². The Hall–Kier alpha value is -1.94. The molecule has 1 N–H and O–H groups in total. The van der Waals surface area contributed by atoms with Gasteiger partial charge in [-0.05, 0) is 24.7 Å². The number of hydrogen-bond acceptors (Lipinski definition) is 3. The van der Waals surface area contributed by atoms with Gasteiger partial charge in [-0.1, -0.05) is 18.2 Å². The van der Waals surface area contributed by atoms with Crippen LogP contribution in [0.15, 0.2) is 42.7 Å². The van der Waals surface area contributed by atoms with Crippen LogP contribution in [-0.2, 0) is 0 Å². The van der Waals surface area contributed by atoms with Gasteiger partial charge in [-0.25, -0.2) is 4.39 Å². The lowest BCUT2D eigenvalue weighted by atomic mass is 9.99. The van der Waals surface area contributed by atoms with Crippen molar-refractivity contribution in [2.75, 3.05) is 14.2 Å². The van der Waals surface area contributed by atoms with Gasteiger partial charge in [0.05, 0.1) is 13.2 Å². The smallest absolute Gasteiger partial charge is 0.170 e. The first-order valence-corrected chi connectivity index (χ1v) is 5.67. The number of hydrogen-bond donors (Lipinski definition) is 1. The highest BCUT2D eigenvalue weighted by Crippen LogP contribution is 2.28. The zero-order valence-corrected chi connectivity index (χ0v) is 10.4. The van der Waals surface area contributed by atoms with Gasteiger partial charge in [0.25, 0.3) is 0 Å². The van der Waals surface area contributed by atoms with Gasteiger partial charge in [-0.2, -0.15) is 0 Å². The van der Waals surface area contributed by atoms with Crippen molar-refractivity contribution >= 4 is 0 Å². The number of benzene rings is 1. The zero-order chi connectivity index (χ0) is 13.0. The third-order valence-corrected chi connectivity index (χ3v) is 2.83. The molecular formula is C14H15FN2O. The normalized spacial score (nSPS) is 12.2. The van der Waals surface area contributed by atoms with Crippen molar-refractivity contribution in [1.29, 1.82) is 0 Å². The highest BCUT2D eigenvalue weighted by molar-refractivity contribution is 5.37. The number of ether oxygens (including phenoxy) is 1. The second-order valence-electron chi connectivity index (χ2n) is 3.87. The summed E-state index contributed by atoms with van der Waals surface area (Å²) >= 11 is 0. The van der Waals surface area contributed by atoms with E-state index in [1.165, 1.54) is 7.11 Å². The Labute approximate surface area is 106 Å². The molecule has 1 aromatic carbocycles. The van der Waals surface area contributed by atoms with E-state index >= 15 is 0 Å². The molecule has 0 aliphatic heterocycles. The van der Waals surface area contributed by atoms with E-state index < -0.39 is 0 Å². The molecule has 0 radical (unpaired) electrons. The molecular weight excluding hydrogens is 231 g/mol. The molecule has 0 fully saturated rings. The lowest BCUT2D eigenvalue weighted by Gasteiger charge is -2.18. The van der Waals surface area contributed by atoms with E-state index in [1.807, 2.05) is 12.1 Å². The molecule has 1 atom stereocenters. The van der Waals surface area contributed by atoms with Crippen LogP contribution in [0.2, 0.25) is 0 Å². The number of rotatable bonds is 4. The minimum atomic E-state index is -0.344. The summed E-state index contributed by atoms with van der Waals surface area (Å²) in [6, 6.07) is 8.62. The number of pyridine rings is 1. The van der Waals surface area contributed by atoms with Crippen LogP contribution in [-0.4, -0.2) is 19.1 Å². The van der Waals surface area contributed by atoms with Crippen LogP contribution in [0, 0.1) is 5.82 Å². The molecule has 2 rings (SSSR count). The largest absolute Gasteiger partial charge is 0.494 e. The monoisotopic (exact) mass is 246 g/mol. The Morgan fingerprint density at radius 1 is 1.28 bits per heavy atom. The Bertz CT molecular complexity index is 516. The zero-order valence-electron chi connectivity index (χ0n) is 10.4. The van der Waals surface area contributed by atoms with Gasteiger partial charge < -0.3 is 10.1 Å². The Morgan fingerprint density at radius 3 is 2.72 bits per heavy atom. The number of nitrogens with one attached hydrogen (secondary N) is 1. The standard InChI is InChI=1S/C14H15FN2O/c1-16-14(10-5-4-8-17-9-10)11-6-3-7-12(18-2)13(11)15/h3-9,14,16H,1-2H3. The highest BCUT2D eigenvalue weighted by Gasteiger charge is 2.18.